The third kappa shape index (κ3) is 1.52. The molecule has 0 atom stereocenters. The van der Waals surface area contributed by atoms with Crippen LogP contribution in [0.3, 0.4) is 0 Å². The molecule has 0 aliphatic carbocycles. The van der Waals surface area contributed by atoms with Gasteiger partial charge in [-0.05, 0) is 57.7 Å². The fraction of sp³-hybridized carbons (Fsp3) is 0.167. The van der Waals surface area contributed by atoms with Gasteiger partial charge >= 0.3 is 0 Å². The molecule has 0 aliphatic heterocycles. The zero-order valence-corrected chi connectivity index (χ0v) is 9.67. The van der Waals surface area contributed by atoms with Crippen molar-refractivity contribution in [2.75, 3.05) is 5.73 Å². The maximum absolute atomic E-state index is 5.57. The smallest absolute Gasteiger partial charge is 0.137 e. The van der Waals surface area contributed by atoms with Crippen molar-refractivity contribution in [1.82, 2.24) is 4.98 Å². The summed E-state index contributed by atoms with van der Waals surface area (Å²) in [5.74, 6) is 0.621. The van der Waals surface area contributed by atoms with Gasteiger partial charge in [-0.3, -0.25) is 0 Å². The molecular weight excluding hydrogens is 354 g/mol. The van der Waals surface area contributed by atoms with E-state index in [1.165, 1.54) is 9.13 Å². The van der Waals surface area contributed by atoms with E-state index in [1.807, 2.05) is 6.92 Å². The Balaban J connectivity index is 3.34. The predicted octanol–water partition coefficient (Wildman–Crippen LogP) is 2.18. The summed E-state index contributed by atoms with van der Waals surface area (Å²) in [6, 6.07) is 0. The van der Waals surface area contributed by atoms with Crippen LogP contribution in [-0.2, 0) is 0 Å². The van der Waals surface area contributed by atoms with Crippen LogP contribution in [0.5, 0.6) is 0 Å². The highest BCUT2D eigenvalue weighted by atomic mass is 127. The summed E-state index contributed by atoms with van der Waals surface area (Å²) in [5.41, 5.74) is 6.75. The lowest BCUT2D eigenvalue weighted by Crippen LogP contribution is -1.97. The molecule has 0 spiro atoms. The summed E-state index contributed by atoms with van der Waals surface area (Å²) in [6.07, 6.45) is 1.79. The molecule has 0 saturated carbocycles. The van der Waals surface area contributed by atoms with Crippen molar-refractivity contribution in [3.63, 3.8) is 0 Å². The lowest BCUT2D eigenvalue weighted by atomic mass is 10.3. The van der Waals surface area contributed by atoms with Gasteiger partial charge in [-0.2, -0.15) is 0 Å². The number of hydrogen-bond donors (Lipinski definition) is 1. The van der Waals surface area contributed by atoms with E-state index in [1.54, 1.807) is 6.20 Å². The largest absolute Gasteiger partial charge is 0.383 e. The van der Waals surface area contributed by atoms with Crippen molar-refractivity contribution < 1.29 is 0 Å². The second-order valence-corrected chi connectivity index (χ2v) is 4.11. The Labute approximate surface area is 86.9 Å². The highest BCUT2D eigenvalue weighted by Gasteiger charge is 2.03. The van der Waals surface area contributed by atoms with E-state index in [0.717, 1.165) is 3.57 Å². The molecule has 4 heteroatoms. The van der Waals surface area contributed by atoms with Crippen molar-refractivity contribution in [3.8, 4) is 0 Å². The van der Waals surface area contributed by atoms with Crippen molar-refractivity contribution in [3.05, 3.63) is 18.9 Å². The lowest BCUT2D eigenvalue weighted by molar-refractivity contribution is 1.24. The molecule has 1 rings (SSSR count). The first-order valence-corrected chi connectivity index (χ1v) is 4.84. The number of hydrogen-bond acceptors (Lipinski definition) is 2. The van der Waals surface area contributed by atoms with E-state index in [2.05, 4.69) is 50.2 Å². The number of aryl methyl sites for hydroxylation is 1. The monoisotopic (exact) mass is 360 g/mol. The van der Waals surface area contributed by atoms with Crippen molar-refractivity contribution in [2.24, 2.45) is 0 Å². The highest BCUT2D eigenvalue weighted by molar-refractivity contribution is 14.1. The average Bonchev–Trinajstić information content (AvgIpc) is 1.93. The van der Waals surface area contributed by atoms with Crippen LogP contribution in [0, 0.1) is 14.1 Å². The average molecular weight is 360 g/mol. The Bertz CT molecular complexity index is 233. The van der Waals surface area contributed by atoms with E-state index in [4.69, 9.17) is 5.73 Å². The number of anilines is 1. The van der Waals surface area contributed by atoms with E-state index in [0.29, 0.717) is 5.82 Å². The van der Waals surface area contributed by atoms with Crippen LogP contribution >= 0.6 is 45.2 Å². The van der Waals surface area contributed by atoms with Crippen LogP contribution in [-0.4, -0.2) is 4.98 Å². The molecule has 0 amide bonds. The first kappa shape index (κ1) is 8.51. The van der Waals surface area contributed by atoms with Gasteiger partial charge in [0.15, 0.2) is 0 Å². The van der Waals surface area contributed by atoms with E-state index < -0.39 is 0 Å². The normalized spacial score (nSPS) is 9.90. The maximum atomic E-state index is 5.57. The molecule has 2 nitrogen and oxygen atoms in total. The predicted molar refractivity (Wildman–Crippen MR) is 58.8 cm³/mol. The SMILES string of the molecule is Cc1cnc(N)c(I)c1I. The zero-order chi connectivity index (χ0) is 7.72. The number of aromatic nitrogens is 1. The van der Waals surface area contributed by atoms with E-state index in [-0.39, 0.29) is 0 Å². The first-order valence-electron chi connectivity index (χ1n) is 2.69. The molecule has 1 aromatic rings. The van der Waals surface area contributed by atoms with Crippen LogP contribution in [0.2, 0.25) is 0 Å². The number of nitrogens with two attached hydrogens (primary N) is 1. The molecule has 0 bridgehead atoms. The minimum Gasteiger partial charge on any atom is -0.383 e. The number of rotatable bonds is 0. The molecule has 1 aromatic heterocycles. The van der Waals surface area contributed by atoms with Gasteiger partial charge in [0.25, 0.3) is 0 Å². The molecule has 0 aromatic carbocycles. The molecule has 10 heavy (non-hydrogen) atoms. The second-order valence-electron chi connectivity index (χ2n) is 1.95. The summed E-state index contributed by atoms with van der Waals surface area (Å²) < 4.78 is 2.25. The standard InChI is InChI=1S/C6H6I2N2/c1-3-2-10-6(9)5(8)4(3)7/h2H,1H3,(H2,9,10). The summed E-state index contributed by atoms with van der Waals surface area (Å²) in [5, 5.41) is 0. The van der Waals surface area contributed by atoms with E-state index in [9.17, 15) is 0 Å². The highest BCUT2D eigenvalue weighted by Crippen LogP contribution is 2.21. The van der Waals surface area contributed by atoms with Crippen LogP contribution in [0.1, 0.15) is 5.56 Å². The number of pyridine rings is 1. The number of halogens is 2. The molecule has 0 fully saturated rings. The quantitative estimate of drug-likeness (QED) is 0.721. The van der Waals surface area contributed by atoms with Crippen molar-refractivity contribution in [2.45, 2.75) is 6.92 Å². The first-order chi connectivity index (χ1) is 4.63. The van der Waals surface area contributed by atoms with Crippen LogP contribution in [0.4, 0.5) is 5.82 Å². The third-order valence-electron chi connectivity index (χ3n) is 1.16. The Morgan fingerprint density at radius 1 is 1.40 bits per heavy atom. The van der Waals surface area contributed by atoms with Crippen LogP contribution < -0.4 is 5.73 Å². The summed E-state index contributed by atoms with van der Waals surface area (Å²) in [6.45, 7) is 2.02. The maximum Gasteiger partial charge on any atom is 0.137 e. The topological polar surface area (TPSA) is 38.9 Å². The second kappa shape index (κ2) is 3.21. The summed E-state index contributed by atoms with van der Waals surface area (Å²) in [4.78, 5) is 4.00. The molecule has 0 radical (unpaired) electrons. The van der Waals surface area contributed by atoms with Crippen molar-refractivity contribution in [1.29, 1.82) is 0 Å². The Morgan fingerprint density at radius 2 is 2.00 bits per heavy atom. The van der Waals surface area contributed by atoms with Gasteiger partial charge in [0.2, 0.25) is 0 Å². The Kier molecular flexibility index (Phi) is 2.73. The summed E-state index contributed by atoms with van der Waals surface area (Å²) in [7, 11) is 0. The van der Waals surface area contributed by atoms with Gasteiger partial charge in [0.05, 0.1) is 3.57 Å². The fourth-order valence-electron chi connectivity index (χ4n) is 0.565. The van der Waals surface area contributed by atoms with Gasteiger partial charge in [0, 0.05) is 9.77 Å². The molecule has 0 unspecified atom stereocenters. The third-order valence-corrected chi connectivity index (χ3v) is 4.68. The molecule has 0 aliphatic rings. The van der Waals surface area contributed by atoms with Gasteiger partial charge in [-0.1, -0.05) is 0 Å². The van der Waals surface area contributed by atoms with Gasteiger partial charge in [-0.25, -0.2) is 4.98 Å². The number of nitrogen functional groups attached to an aromatic ring is 1. The molecule has 2 N–H and O–H groups in total. The summed E-state index contributed by atoms with van der Waals surface area (Å²) >= 11 is 4.47. The van der Waals surface area contributed by atoms with Gasteiger partial charge in [-0.15, -0.1) is 0 Å². The van der Waals surface area contributed by atoms with Crippen LogP contribution in [0.15, 0.2) is 6.20 Å². The Hall–Kier alpha value is 0.410. The van der Waals surface area contributed by atoms with E-state index >= 15 is 0 Å². The molecular formula is C6H6I2N2. The molecule has 1 heterocycles. The fourth-order valence-corrected chi connectivity index (χ4v) is 1.55. The van der Waals surface area contributed by atoms with Gasteiger partial charge < -0.3 is 5.73 Å². The zero-order valence-electron chi connectivity index (χ0n) is 5.36. The Morgan fingerprint density at radius 3 is 2.50 bits per heavy atom. The lowest BCUT2D eigenvalue weighted by Gasteiger charge is -2.01. The number of nitrogens with zero attached hydrogens (tertiary/aromatic N) is 1. The van der Waals surface area contributed by atoms with Crippen LogP contribution in [0.25, 0.3) is 0 Å². The molecule has 54 valence electrons. The van der Waals surface area contributed by atoms with Gasteiger partial charge in [0.1, 0.15) is 5.82 Å². The minimum atomic E-state index is 0.621. The van der Waals surface area contributed by atoms with Crippen molar-refractivity contribution >= 4 is 51.0 Å². The molecule has 0 saturated heterocycles. The minimum absolute atomic E-state index is 0.621.